The minimum Gasteiger partial charge on any atom is -0.399 e. The second-order valence-electron chi connectivity index (χ2n) is 4.68. The summed E-state index contributed by atoms with van der Waals surface area (Å²) < 4.78 is 14.7. The van der Waals surface area contributed by atoms with Crippen molar-refractivity contribution in [3.63, 3.8) is 0 Å². The van der Waals surface area contributed by atoms with E-state index in [9.17, 15) is 9.18 Å². The minimum absolute atomic E-state index is 0.397. The number of nitrogens with zero attached hydrogens (tertiary/aromatic N) is 2. The quantitative estimate of drug-likeness (QED) is 0.721. The highest BCUT2D eigenvalue weighted by Crippen LogP contribution is 2.13. The van der Waals surface area contributed by atoms with Crippen LogP contribution in [0.2, 0.25) is 0 Å². The molecule has 0 bridgehead atoms. The van der Waals surface area contributed by atoms with Crippen LogP contribution in [-0.4, -0.2) is 14.8 Å². The fraction of sp³-hybridized carbons (Fsp3) is 0.0667. The molecular weight excluding hydrogens is 271 g/mol. The lowest BCUT2D eigenvalue weighted by Gasteiger charge is -2.06. The molecule has 3 N–H and O–H groups in total. The molecule has 0 unspecified atom stereocenters. The van der Waals surface area contributed by atoms with E-state index in [0.717, 1.165) is 5.56 Å². The van der Waals surface area contributed by atoms with Gasteiger partial charge in [0.05, 0.1) is 5.69 Å². The van der Waals surface area contributed by atoms with Crippen LogP contribution < -0.4 is 11.4 Å². The van der Waals surface area contributed by atoms with Crippen LogP contribution in [0.25, 0.3) is 5.69 Å². The molecule has 0 atom stereocenters. The summed E-state index contributed by atoms with van der Waals surface area (Å²) >= 11 is 0. The number of nitrogens with one attached hydrogen (secondary N) is 1. The number of nitrogens with two attached hydrogens (primary N) is 1. The molecule has 1 heterocycles. The molecule has 0 aliphatic carbocycles. The third kappa shape index (κ3) is 2.69. The van der Waals surface area contributed by atoms with Crippen LogP contribution in [0, 0.1) is 5.82 Å². The monoisotopic (exact) mass is 284 g/mol. The van der Waals surface area contributed by atoms with Gasteiger partial charge >= 0.3 is 5.69 Å². The maximum atomic E-state index is 13.3. The fourth-order valence-corrected chi connectivity index (χ4v) is 2.15. The van der Waals surface area contributed by atoms with Crippen molar-refractivity contribution in [2.24, 2.45) is 0 Å². The largest absolute Gasteiger partial charge is 0.399 e. The summed E-state index contributed by atoms with van der Waals surface area (Å²) in [4.78, 5) is 11.9. The van der Waals surface area contributed by atoms with E-state index >= 15 is 0 Å². The van der Waals surface area contributed by atoms with E-state index in [1.54, 1.807) is 24.3 Å². The first-order chi connectivity index (χ1) is 10.1. The summed E-state index contributed by atoms with van der Waals surface area (Å²) in [5, 5.41) is 6.41. The van der Waals surface area contributed by atoms with Gasteiger partial charge in [0.25, 0.3) is 0 Å². The number of hydrogen-bond donors (Lipinski definition) is 2. The van der Waals surface area contributed by atoms with Crippen LogP contribution in [0.4, 0.5) is 10.1 Å². The minimum atomic E-state index is -0.404. The number of aromatic nitrogens is 3. The van der Waals surface area contributed by atoms with Crippen molar-refractivity contribution in [2.75, 3.05) is 5.73 Å². The second kappa shape index (κ2) is 5.24. The maximum Gasteiger partial charge on any atom is 0.347 e. The highest BCUT2D eigenvalue weighted by molar-refractivity contribution is 5.40. The van der Waals surface area contributed by atoms with E-state index in [0.29, 0.717) is 23.6 Å². The Kier molecular flexibility index (Phi) is 3.27. The van der Waals surface area contributed by atoms with Crippen molar-refractivity contribution in [3.8, 4) is 5.69 Å². The molecule has 0 aliphatic rings. The van der Waals surface area contributed by atoms with Gasteiger partial charge in [0.15, 0.2) is 0 Å². The molecule has 0 fully saturated rings. The summed E-state index contributed by atoms with van der Waals surface area (Å²) in [6.45, 7) is 0. The Morgan fingerprint density at radius 1 is 1.19 bits per heavy atom. The van der Waals surface area contributed by atoms with E-state index in [4.69, 9.17) is 5.73 Å². The zero-order valence-electron chi connectivity index (χ0n) is 11.1. The van der Waals surface area contributed by atoms with Crippen LogP contribution in [0.1, 0.15) is 11.4 Å². The summed E-state index contributed by atoms with van der Waals surface area (Å²) in [5.41, 5.74) is 7.32. The van der Waals surface area contributed by atoms with Gasteiger partial charge in [-0.05, 0) is 35.9 Å². The molecule has 1 aromatic heterocycles. The smallest absolute Gasteiger partial charge is 0.347 e. The van der Waals surface area contributed by atoms with E-state index in [1.165, 1.54) is 16.7 Å². The highest BCUT2D eigenvalue weighted by atomic mass is 19.1. The number of hydrogen-bond acceptors (Lipinski definition) is 3. The molecule has 6 heteroatoms. The van der Waals surface area contributed by atoms with Crippen molar-refractivity contribution < 1.29 is 4.39 Å². The van der Waals surface area contributed by atoms with Gasteiger partial charge in [0, 0.05) is 12.1 Å². The molecular formula is C15H13FN4O. The third-order valence-electron chi connectivity index (χ3n) is 3.15. The number of anilines is 1. The standard InChI is InChI=1S/C15H13FN4O/c16-11-2-1-3-13(9-11)20-14(18-19-15(20)21)8-10-4-6-12(17)7-5-10/h1-7,9H,8,17H2,(H,19,21). The number of aromatic amines is 1. The summed E-state index contributed by atoms with van der Waals surface area (Å²) in [7, 11) is 0. The average molecular weight is 284 g/mol. The van der Waals surface area contributed by atoms with Crippen LogP contribution in [0.3, 0.4) is 0 Å². The first-order valence-electron chi connectivity index (χ1n) is 6.40. The third-order valence-corrected chi connectivity index (χ3v) is 3.15. The Hall–Kier alpha value is -2.89. The average Bonchev–Trinajstić information content (AvgIpc) is 2.82. The molecule has 2 aromatic carbocycles. The molecule has 0 saturated carbocycles. The van der Waals surface area contributed by atoms with Gasteiger partial charge in [-0.15, -0.1) is 0 Å². The fourth-order valence-electron chi connectivity index (χ4n) is 2.15. The van der Waals surface area contributed by atoms with Crippen molar-refractivity contribution in [3.05, 3.63) is 76.2 Å². The number of nitrogen functional groups attached to an aromatic ring is 1. The van der Waals surface area contributed by atoms with E-state index in [1.807, 2.05) is 12.1 Å². The Bertz CT molecular complexity index is 820. The topological polar surface area (TPSA) is 76.7 Å². The van der Waals surface area contributed by atoms with Crippen LogP contribution >= 0.6 is 0 Å². The Labute approximate surface area is 119 Å². The van der Waals surface area contributed by atoms with Gasteiger partial charge in [-0.3, -0.25) is 0 Å². The predicted molar refractivity (Wildman–Crippen MR) is 77.8 cm³/mol. The Balaban J connectivity index is 2.01. The Morgan fingerprint density at radius 2 is 1.95 bits per heavy atom. The van der Waals surface area contributed by atoms with Gasteiger partial charge in [-0.2, -0.15) is 5.10 Å². The zero-order chi connectivity index (χ0) is 14.8. The molecule has 0 amide bonds. The van der Waals surface area contributed by atoms with Crippen LogP contribution in [0.15, 0.2) is 53.3 Å². The van der Waals surface area contributed by atoms with E-state index < -0.39 is 11.5 Å². The number of benzene rings is 2. The number of rotatable bonds is 3. The molecule has 0 spiro atoms. The van der Waals surface area contributed by atoms with E-state index in [2.05, 4.69) is 10.2 Å². The Morgan fingerprint density at radius 3 is 2.67 bits per heavy atom. The molecule has 0 radical (unpaired) electrons. The van der Waals surface area contributed by atoms with Gasteiger partial charge in [-0.25, -0.2) is 18.9 Å². The maximum absolute atomic E-state index is 13.3. The molecule has 21 heavy (non-hydrogen) atoms. The predicted octanol–water partition coefficient (Wildman–Crippen LogP) is 1.87. The number of H-pyrrole nitrogens is 1. The van der Waals surface area contributed by atoms with Crippen molar-refractivity contribution in [2.45, 2.75) is 6.42 Å². The summed E-state index contributed by atoms with van der Waals surface area (Å²) in [6, 6.07) is 13.1. The molecule has 3 rings (SSSR count). The van der Waals surface area contributed by atoms with Crippen LogP contribution in [0.5, 0.6) is 0 Å². The summed E-state index contributed by atoms with van der Waals surface area (Å²) in [5.74, 6) is 0.106. The normalized spacial score (nSPS) is 10.7. The lowest BCUT2D eigenvalue weighted by atomic mass is 10.1. The SMILES string of the molecule is Nc1ccc(Cc2n[nH]c(=O)n2-c2cccc(F)c2)cc1. The van der Waals surface area contributed by atoms with Crippen LogP contribution in [-0.2, 0) is 6.42 Å². The van der Waals surface area contributed by atoms with Gasteiger partial charge < -0.3 is 5.73 Å². The first-order valence-corrected chi connectivity index (χ1v) is 6.40. The summed E-state index contributed by atoms with van der Waals surface area (Å²) in [6.07, 6.45) is 0.440. The lowest BCUT2D eigenvalue weighted by molar-refractivity contribution is 0.626. The molecule has 106 valence electrons. The number of halogens is 1. The van der Waals surface area contributed by atoms with Gasteiger partial charge in [0.1, 0.15) is 11.6 Å². The molecule has 0 saturated heterocycles. The molecule has 3 aromatic rings. The second-order valence-corrected chi connectivity index (χ2v) is 4.68. The highest BCUT2D eigenvalue weighted by Gasteiger charge is 2.11. The van der Waals surface area contributed by atoms with Gasteiger partial charge in [-0.1, -0.05) is 18.2 Å². The van der Waals surface area contributed by atoms with Crippen molar-refractivity contribution in [1.29, 1.82) is 0 Å². The molecule has 0 aliphatic heterocycles. The van der Waals surface area contributed by atoms with E-state index in [-0.39, 0.29) is 0 Å². The first kappa shape index (κ1) is 13.1. The zero-order valence-corrected chi connectivity index (χ0v) is 11.1. The molecule has 5 nitrogen and oxygen atoms in total. The van der Waals surface area contributed by atoms with Crippen molar-refractivity contribution >= 4 is 5.69 Å². The van der Waals surface area contributed by atoms with Gasteiger partial charge in [0.2, 0.25) is 0 Å². The van der Waals surface area contributed by atoms with Crippen molar-refractivity contribution in [1.82, 2.24) is 14.8 Å². The lowest BCUT2D eigenvalue weighted by Crippen LogP contribution is -2.17.